The summed E-state index contributed by atoms with van der Waals surface area (Å²) in [6.45, 7) is 11.9. The van der Waals surface area contributed by atoms with Crippen LogP contribution < -0.4 is 5.32 Å². The van der Waals surface area contributed by atoms with E-state index >= 15 is 0 Å². The maximum absolute atomic E-state index is 3.69. The highest BCUT2D eigenvalue weighted by atomic mass is 15.3. The molecule has 1 aliphatic carbocycles. The molecule has 94 valence electrons. The molecule has 1 saturated heterocycles. The lowest BCUT2D eigenvalue weighted by Crippen LogP contribution is -2.60. The number of hydrogen-bond acceptors (Lipinski definition) is 2. The van der Waals surface area contributed by atoms with Crippen LogP contribution in [0.25, 0.3) is 0 Å². The van der Waals surface area contributed by atoms with Crippen LogP contribution in [-0.4, -0.2) is 36.1 Å². The lowest BCUT2D eigenvalue weighted by atomic mass is 9.79. The van der Waals surface area contributed by atoms with Crippen molar-refractivity contribution in [3.05, 3.63) is 0 Å². The Bertz CT molecular complexity index is 223. The molecule has 0 radical (unpaired) electrons. The number of rotatable bonds is 3. The average molecular weight is 224 g/mol. The van der Waals surface area contributed by atoms with Gasteiger partial charge >= 0.3 is 0 Å². The van der Waals surface area contributed by atoms with Crippen molar-refractivity contribution in [2.75, 3.05) is 13.1 Å². The van der Waals surface area contributed by atoms with Crippen molar-refractivity contribution < 1.29 is 0 Å². The fourth-order valence-electron chi connectivity index (χ4n) is 3.12. The highest BCUT2D eigenvalue weighted by molar-refractivity contribution is 4.91. The van der Waals surface area contributed by atoms with Crippen LogP contribution in [0.5, 0.6) is 0 Å². The maximum atomic E-state index is 3.69. The third kappa shape index (κ3) is 2.43. The summed E-state index contributed by atoms with van der Waals surface area (Å²) < 4.78 is 0. The molecular weight excluding hydrogens is 196 g/mol. The van der Waals surface area contributed by atoms with Crippen LogP contribution >= 0.6 is 0 Å². The van der Waals surface area contributed by atoms with Gasteiger partial charge < -0.3 is 5.32 Å². The molecule has 1 saturated carbocycles. The predicted octanol–water partition coefficient (Wildman–Crippen LogP) is 2.49. The first kappa shape index (κ1) is 12.4. The average Bonchev–Trinajstić information content (AvgIpc) is 2.15. The van der Waals surface area contributed by atoms with Crippen molar-refractivity contribution in [3.8, 4) is 0 Å². The van der Waals surface area contributed by atoms with Crippen LogP contribution in [0.3, 0.4) is 0 Å². The molecule has 0 spiro atoms. The maximum Gasteiger partial charge on any atom is 0.0218 e. The first-order valence-electron chi connectivity index (χ1n) is 7.08. The van der Waals surface area contributed by atoms with Crippen LogP contribution in [0.1, 0.15) is 47.0 Å². The summed E-state index contributed by atoms with van der Waals surface area (Å²) in [6.07, 6.45) is 4.39. The van der Waals surface area contributed by atoms with E-state index in [1.807, 2.05) is 0 Å². The fourth-order valence-corrected chi connectivity index (χ4v) is 3.12. The van der Waals surface area contributed by atoms with Crippen LogP contribution in [0.4, 0.5) is 0 Å². The molecule has 0 bridgehead atoms. The molecule has 0 aromatic carbocycles. The monoisotopic (exact) mass is 224 g/mol. The second-order valence-corrected chi connectivity index (χ2v) is 6.24. The zero-order valence-corrected chi connectivity index (χ0v) is 11.4. The Kier molecular flexibility index (Phi) is 3.91. The molecule has 1 N–H and O–H groups in total. The molecule has 2 heteroatoms. The molecular formula is C14H28N2. The SMILES string of the molecule is CC(C)C1CN(C(C)C2CCC2)C(C)CN1. The predicted molar refractivity (Wildman–Crippen MR) is 69.6 cm³/mol. The van der Waals surface area contributed by atoms with Crippen LogP contribution in [0, 0.1) is 11.8 Å². The highest BCUT2D eigenvalue weighted by Gasteiger charge is 2.34. The summed E-state index contributed by atoms with van der Waals surface area (Å²) in [6, 6.07) is 2.21. The number of nitrogens with one attached hydrogen (secondary N) is 1. The van der Waals surface area contributed by atoms with Gasteiger partial charge in [-0.1, -0.05) is 20.3 Å². The lowest BCUT2D eigenvalue weighted by molar-refractivity contribution is 0.0357. The van der Waals surface area contributed by atoms with Crippen molar-refractivity contribution >= 4 is 0 Å². The molecule has 0 aromatic heterocycles. The van der Waals surface area contributed by atoms with Crippen molar-refractivity contribution in [3.63, 3.8) is 0 Å². The summed E-state index contributed by atoms with van der Waals surface area (Å²) in [5.41, 5.74) is 0. The van der Waals surface area contributed by atoms with Gasteiger partial charge in [-0.2, -0.15) is 0 Å². The molecule has 3 unspecified atom stereocenters. The molecule has 3 atom stereocenters. The summed E-state index contributed by atoms with van der Waals surface area (Å²) in [7, 11) is 0. The van der Waals surface area contributed by atoms with Gasteiger partial charge in [0.1, 0.15) is 0 Å². The first-order chi connectivity index (χ1) is 7.59. The van der Waals surface area contributed by atoms with Crippen molar-refractivity contribution in [2.45, 2.75) is 65.1 Å². The molecule has 2 fully saturated rings. The Labute approximate surface area is 101 Å². The van der Waals surface area contributed by atoms with Gasteiger partial charge in [-0.05, 0) is 38.5 Å². The number of piperazine rings is 1. The topological polar surface area (TPSA) is 15.3 Å². The normalized spacial score (nSPS) is 35.1. The zero-order chi connectivity index (χ0) is 11.7. The van der Waals surface area contributed by atoms with Crippen molar-refractivity contribution in [1.82, 2.24) is 10.2 Å². The van der Waals surface area contributed by atoms with Gasteiger partial charge in [0.05, 0.1) is 0 Å². The quantitative estimate of drug-likeness (QED) is 0.792. The summed E-state index contributed by atoms with van der Waals surface area (Å²) >= 11 is 0. The van der Waals surface area contributed by atoms with Crippen LogP contribution in [0.2, 0.25) is 0 Å². The molecule has 2 rings (SSSR count). The van der Waals surface area contributed by atoms with Crippen molar-refractivity contribution in [1.29, 1.82) is 0 Å². The molecule has 1 aliphatic heterocycles. The summed E-state index contributed by atoms with van der Waals surface area (Å²) in [5, 5.41) is 3.69. The second-order valence-electron chi connectivity index (χ2n) is 6.24. The third-order valence-electron chi connectivity index (χ3n) is 4.81. The highest BCUT2D eigenvalue weighted by Crippen LogP contribution is 2.33. The van der Waals surface area contributed by atoms with Crippen LogP contribution in [-0.2, 0) is 0 Å². The minimum atomic E-state index is 0.693. The summed E-state index contributed by atoms with van der Waals surface area (Å²) in [5.74, 6) is 1.73. The zero-order valence-electron chi connectivity index (χ0n) is 11.4. The van der Waals surface area contributed by atoms with Gasteiger partial charge in [0.15, 0.2) is 0 Å². The van der Waals surface area contributed by atoms with E-state index in [0.29, 0.717) is 12.1 Å². The Morgan fingerprint density at radius 1 is 1.19 bits per heavy atom. The number of hydrogen-bond donors (Lipinski definition) is 1. The van der Waals surface area contributed by atoms with Gasteiger partial charge in [0.2, 0.25) is 0 Å². The van der Waals surface area contributed by atoms with Crippen molar-refractivity contribution in [2.24, 2.45) is 11.8 Å². The molecule has 0 aromatic rings. The van der Waals surface area contributed by atoms with Gasteiger partial charge in [-0.25, -0.2) is 0 Å². The summed E-state index contributed by atoms with van der Waals surface area (Å²) in [4.78, 5) is 2.75. The van der Waals surface area contributed by atoms with Gasteiger partial charge in [-0.15, -0.1) is 0 Å². The van der Waals surface area contributed by atoms with E-state index < -0.39 is 0 Å². The van der Waals surface area contributed by atoms with E-state index in [-0.39, 0.29) is 0 Å². The van der Waals surface area contributed by atoms with E-state index in [1.54, 1.807) is 0 Å². The van der Waals surface area contributed by atoms with Gasteiger partial charge in [-0.3, -0.25) is 4.90 Å². The van der Waals surface area contributed by atoms with Gasteiger partial charge in [0, 0.05) is 31.2 Å². The Balaban J connectivity index is 1.94. The standard InChI is InChI=1S/C14H28N2/c1-10(2)14-9-16(11(3)8-15-14)12(4)13-6-5-7-13/h10-15H,5-9H2,1-4H3. The van der Waals surface area contributed by atoms with E-state index in [9.17, 15) is 0 Å². The third-order valence-corrected chi connectivity index (χ3v) is 4.81. The smallest absolute Gasteiger partial charge is 0.0218 e. The molecule has 2 aliphatic rings. The van der Waals surface area contributed by atoms with E-state index in [4.69, 9.17) is 0 Å². The van der Waals surface area contributed by atoms with E-state index in [0.717, 1.165) is 17.9 Å². The Morgan fingerprint density at radius 3 is 2.38 bits per heavy atom. The van der Waals surface area contributed by atoms with E-state index in [1.165, 1.54) is 32.4 Å². The van der Waals surface area contributed by atoms with Gasteiger partial charge in [0.25, 0.3) is 0 Å². The molecule has 0 amide bonds. The lowest BCUT2D eigenvalue weighted by Gasteiger charge is -2.47. The fraction of sp³-hybridized carbons (Fsp3) is 1.00. The first-order valence-corrected chi connectivity index (χ1v) is 7.08. The second kappa shape index (κ2) is 5.05. The minimum Gasteiger partial charge on any atom is -0.311 e. The molecule has 16 heavy (non-hydrogen) atoms. The Morgan fingerprint density at radius 2 is 1.88 bits per heavy atom. The minimum absolute atomic E-state index is 0.693. The van der Waals surface area contributed by atoms with E-state index in [2.05, 4.69) is 37.9 Å². The molecule has 1 heterocycles. The largest absolute Gasteiger partial charge is 0.311 e. The Hall–Kier alpha value is -0.0800. The number of nitrogens with zero attached hydrogens (tertiary/aromatic N) is 1. The molecule has 2 nitrogen and oxygen atoms in total. The van der Waals surface area contributed by atoms with Crippen LogP contribution in [0.15, 0.2) is 0 Å².